The average molecular weight is 342 g/mol. The number of hydrogen-bond acceptors (Lipinski definition) is 2. The number of rotatable bonds is 4. The van der Waals surface area contributed by atoms with E-state index in [1.165, 1.54) is 12.1 Å². The smallest absolute Gasteiger partial charge is 0.261 e. The van der Waals surface area contributed by atoms with Gasteiger partial charge in [-0.2, -0.15) is 0 Å². The first-order valence-corrected chi connectivity index (χ1v) is 8.90. The van der Waals surface area contributed by atoms with Crippen molar-refractivity contribution in [1.29, 1.82) is 0 Å². The number of carbonyl (C=O) groups is 1. The van der Waals surface area contributed by atoms with Crippen molar-refractivity contribution in [2.45, 2.75) is 51.5 Å². The van der Waals surface area contributed by atoms with E-state index in [1.807, 2.05) is 6.92 Å². The van der Waals surface area contributed by atoms with Crippen LogP contribution in [0.1, 0.15) is 65.8 Å². The molecule has 1 aromatic heterocycles. The molecule has 0 radical (unpaired) electrons. The van der Waals surface area contributed by atoms with E-state index in [0.29, 0.717) is 6.42 Å². The number of aromatic amines is 1. The summed E-state index contributed by atoms with van der Waals surface area (Å²) in [6, 6.07) is 7.55. The van der Waals surface area contributed by atoms with Gasteiger partial charge >= 0.3 is 0 Å². The Morgan fingerprint density at radius 1 is 1.20 bits per heavy atom. The molecule has 0 spiro atoms. The Balaban J connectivity index is 1.83. The second kappa shape index (κ2) is 7.64. The zero-order chi connectivity index (χ0) is 17.8. The van der Waals surface area contributed by atoms with Gasteiger partial charge in [-0.1, -0.05) is 25.5 Å². The summed E-state index contributed by atoms with van der Waals surface area (Å²) >= 11 is 0. The van der Waals surface area contributed by atoms with Gasteiger partial charge < -0.3 is 10.3 Å². The van der Waals surface area contributed by atoms with Gasteiger partial charge in [0.15, 0.2) is 0 Å². The molecule has 25 heavy (non-hydrogen) atoms. The van der Waals surface area contributed by atoms with Crippen LogP contribution >= 0.6 is 0 Å². The van der Waals surface area contributed by atoms with Crippen molar-refractivity contribution < 1.29 is 9.18 Å². The van der Waals surface area contributed by atoms with Crippen LogP contribution in [0.3, 0.4) is 0 Å². The van der Waals surface area contributed by atoms with Crippen LogP contribution in [-0.4, -0.2) is 10.9 Å². The first-order valence-electron chi connectivity index (χ1n) is 8.90. The minimum absolute atomic E-state index is 0.154. The number of H-pyrrole nitrogens is 1. The monoisotopic (exact) mass is 342 g/mol. The van der Waals surface area contributed by atoms with Gasteiger partial charge in [-0.05, 0) is 61.4 Å². The van der Waals surface area contributed by atoms with Gasteiger partial charge in [-0.15, -0.1) is 0 Å². The van der Waals surface area contributed by atoms with Crippen LogP contribution in [0.4, 0.5) is 4.39 Å². The molecule has 0 saturated carbocycles. The summed E-state index contributed by atoms with van der Waals surface area (Å²) in [6.07, 6.45) is 5.69. The average Bonchev–Trinajstić information content (AvgIpc) is 2.84. The Bertz CT molecular complexity index is 811. The topological polar surface area (TPSA) is 62.0 Å². The highest BCUT2D eigenvalue weighted by Crippen LogP contribution is 2.20. The minimum atomic E-state index is -0.385. The standard InChI is InChI=1S/C20H23FN2O2/c1-2-17(13-8-10-15(21)11-9-13)22-19(24)16-12-14-6-4-3-5-7-18(14)23-20(16)25/h8-12,17H,2-7H2,1H3,(H,22,24)(H,23,25). The fourth-order valence-electron chi connectivity index (χ4n) is 3.37. The number of pyridine rings is 1. The van der Waals surface area contributed by atoms with Gasteiger partial charge in [0.1, 0.15) is 11.4 Å². The fraction of sp³-hybridized carbons (Fsp3) is 0.400. The summed E-state index contributed by atoms with van der Waals surface area (Å²) < 4.78 is 13.1. The van der Waals surface area contributed by atoms with Crippen molar-refractivity contribution in [3.8, 4) is 0 Å². The number of fused-ring (bicyclic) bond motifs is 1. The molecule has 5 heteroatoms. The molecule has 0 bridgehead atoms. The van der Waals surface area contributed by atoms with Gasteiger partial charge in [-0.3, -0.25) is 9.59 Å². The molecule has 1 amide bonds. The Labute approximate surface area is 146 Å². The van der Waals surface area contributed by atoms with Crippen LogP contribution in [0.5, 0.6) is 0 Å². The number of halogens is 1. The molecule has 2 aromatic rings. The lowest BCUT2D eigenvalue weighted by Gasteiger charge is -2.18. The summed E-state index contributed by atoms with van der Waals surface area (Å²) in [5.74, 6) is -0.698. The maximum absolute atomic E-state index is 13.1. The van der Waals surface area contributed by atoms with E-state index in [9.17, 15) is 14.0 Å². The van der Waals surface area contributed by atoms with Crippen LogP contribution in [0.15, 0.2) is 35.1 Å². The van der Waals surface area contributed by atoms with Gasteiger partial charge in [0, 0.05) is 5.69 Å². The summed E-state index contributed by atoms with van der Waals surface area (Å²) in [4.78, 5) is 27.9. The molecule has 1 aliphatic carbocycles. The quantitative estimate of drug-likeness (QED) is 0.833. The predicted octanol–water partition coefficient (Wildman–Crippen LogP) is 3.66. The van der Waals surface area contributed by atoms with E-state index >= 15 is 0 Å². The van der Waals surface area contributed by atoms with Crippen molar-refractivity contribution in [2.75, 3.05) is 0 Å². The summed E-state index contributed by atoms with van der Waals surface area (Å²) in [7, 11) is 0. The second-order valence-electron chi connectivity index (χ2n) is 6.56. The van der Waals surface area contributed by atoms with Crippen LogP contribution < -0.4 is 10.9 Å². The van der Waals surface area contributed by atoms with Crippen molar-refractivity contribution >= 4 is 5.91 Å². The van der Waals surface area contributed by atoms with Crippen molar-refractivity contribution in [1.82, 2.24) is 10.3 Å². The summed E-state index contributed by atoms with van der Waals surface area (Å²) in [5.41, 5.74) is 2.67. The third-order valence-electron chi connectivity index (χ3n) is 4.82. The van der Waals surface area contributed by atoms with Crippen LogP contribution in [0, 0.1) is 5.82 Å². The SMILES string of the molecule is CCC(NC(=O)c1cc2c([nH]c1=O)CCCCC2)c1ccc(F)cc1. The number of benzene rings is 1. The van der Waals surface area contributed by atoms with Crippen LogP contribution in [0.25, 0.3) is 0 Å². The zero-order valence-corrected chi connectivity index (χ0v) is 14.4. The molecule has 4 nitrogen and oxygen atoms in total. The number of amides is 1. The number of carbonyl (C=O) groups excluding carboxylic acids is 1. The third kappa shape index (κ3) is 3.98. The fourth-order valence-corrected chi connectivity index (χ4v) is 3.37. The summed E-state index contributed by atoms with van der Waals surface area (Å²) in [6.45, 7) is 1.94. The molecule has 0 saturated heterocycles. The first-order chi connectivity index (χ1) is 12.1. The van der Waals surface area contributed by atoms with Crippen LogP contribution in [-0.2, 0) is 12.8 Å². The minimum Gasteiger partial charge on any atom is -0.345 e. The highest BCUT2D eigenvalue weighted by molar-refractivity contribution is 5.94. The number of aryl methyl sites for hydroxylation is 2. The van der Waals surface area contributed by atoms with Crippen molar-refractivity contribution in [2.24, 2.45) is 0 Å². The lowest BCUT2D eigenvalue weighted by atomic mass is 10.0. The van der Waals surface area contributed by atoms with Gasteiger partial charge in [0.05, 0.1) is 6.04 Å². The predicted molar refractivity (Wildman–Crippen MR) is 95.2 cm³/mol. The molecule has 1 heterocycles. The lowest BCUT2D eigenvalue weighted by molar-refractivity contribution is 0.0934. The lowest BCUT2D eigenvalue weighted by Crippen LogP contribution is -2.33. The summed E-state index contributed by atoms with van der Waals surface area (Å²) in [5, 5.41) is 2.90. The highest BCUT2D eigenvalue weighted by atomic mass is 19.1. The normalized spacial score (nSPS) is 15.1. The number of nitrogens with one attached hydrogen (secondary N) is 2. The second-order valence-corrected chi connectivity index (χ2v) is 6.56. The van der Waals surface area contributed by atoms with E-state index in [2.05, 4.69) is 10.3 Å². The molecular weight excluding hydrogens is 319 g/mol. The zero-order valence-electron chi connectivity index (χ0n) is 14.4. The molecule has 132 valence electrons. The van der Waals surface area contributed by atoms with Crippen LogP contribution in [0.2, 0.25) is 0 Å². The third-order valence-corrected chi connectivity index (χ3v) is 4.82. The molecule has 3 rings (SSSR count). The molecular formula is C20H23FN2O2. The number of aromatic nitrogens is 1. The molecule has 1 atom stereocenters. The van der Waals surface area contributed by atoms with E-state index < -0.39 is 0 Å². The Hall–Kier alpha value is -2.43. The van der Waals surface area contributed by atoms with E-state index in [-0.39, 0.29) is 28.9 Å². The molecule has 0 aliphatic heterocycles. The number of hydrogen-bond donors (Lipinski definition) is 2. The highest BCUT2D eigenvalue weighted by Gasteiger charge is 2.19. The Morgan fingerprint density at radius 2 is 1.92 bits per heavy atom. The van der Waals surface area contributed by atoms with E-state index in [0.717, 1.165) is 48.9 Å². The largest absolute Gasteiger partial charge is 0.345 e. The molecule has 1 unspecified atom stereocenters. The Kier molecular flexibility index (Phi) is 5.31. The van der Waals surface area contributed by atoms with Crippen molar-refractivity contribution in [3.05, 3.63) is 68.9 Å². The molecule has 1 aromatic carbocycles. The maximum atomic E-state index is 13.1. The maximum Gasteiger partial charge on any atom is 0.261 e. The van der Waals surface area contributed by atoms with Gasteiger partial charge in [0.25, 0.3) is 11.5 Å². The first kappa shape index (κ1) is 17.4. The van der Waals surface area contributed by atoms with Gasteiger partial charge in [-0.25, -0.2) is 4.39 Å². The van der Waals surface area contributed by atoms with E-state index in [1.54, 1.807) is 18.2 Å². The van der Waals surface area contributed by atoms with E-state index in [4.69, 9.17) is 0 Å². The molecule has 0 fully saturated rings. The molecule has 2 N–H and O–H groups in total. The Morgan fingerprint density at radius 3 is 2.64 bits per heavy atom. The van der Waals surface area contributed by atoms with Crippen molar-refractivity contribution in [3.63, 3.8) is 0 Å². The molecule has 1 aliphatic rings. The van der Waals surface area contributed by atoms with Gasteiger partial charge in [0.2, 0.25) is 0 Å².